The Morgan fingerprint density at radius 3 is 2.75 bits per heavy atom. The normalized spacial score (nSPS) is 24.2. The molecule has 0 unspecified atom stereocenters. The van der Waals surface area contributed by atoms with Crippen LogP contribution < -0.4 is 0 Å². The summed E-state index contributed by atoms with van der Waals surface area (Å²) in [6, 6.07) is 0. The molecule has 0 bridgehead atoms. The molecule has 0 nitrogen and oxygen atoms in total. The maximum absolute atomic E-state index is 5.77. The van der Waals surface area contributed by atoms with Crippen molar-refractivity contribution in [1.29, 1.82) is 0 Å². The average molecular weight is 240 g/mol. The van der Waals surface area contributed by atoms with E-state index in [9.17, 15) is 0 Å². The Morgan fingerprint density at radius 2 is 2.50 bits per heavy atom. The molecular formula is C6H6ClI. The highest BCUT2D eigenvalue weighted by atomic mass is 127. The van der Waals surface area contributed by atoms with E-state index in [1.807, 2.05) is 4.08 Å². The second kappa shape index (κ2) is 2.87. The largest absolute Gasteiger partial charge is 0.0844 e. The number of hydrogen-bond donors (Lipinski definition) is 0. The molecule has 0 saturated heterocycles. The van der Waals surface area contributed by atoms with E-state index < -0.39 is 0 Å². The molecule has 1 aliphatic carbocycles. The zero-order chi connectivity index (χ0) is 5.98. The van der Waals surface area contributed by atoms with Crippen molar-refractivity contribution in [2.75, 3.05) is 0 Å². The Bertz CT molecular complexity index is 147. The highest BCUT2D eigenvalue weighted by molar-refractivity contribution is 14.1. The molecule has 0 radical (unpaired) electrons. The lowest BCUT2D eigenvalue weighted by atomic mass is 10.3. The summed E-state index contributed by atoms with van der Waals surface area (Å²) in [5.74, 6) is 0. The van der Waals surface area contributed by atoms with Crippen molar-refractivity contribution >= 4 is 34.2 Å². The van der Waals surface area contributed by atoms with Gasteiger partial charge in [-0.2, -0.15) is 0 Å². The third-order valence-electron chi connectivity index (χ3n) is 1.18. The first-order valence-corrected chi connectivity index (χ1v) is 4.12. The van der Waals surface area contributed by atoms with Crippen molar-refractivity contribution in [3.8, 4) is 0 Å². The lowest BCUT2D eigenvalue weighted by Gasteiger charge is -1.89. The zero-order valence-electron chi connectivity index (χ0n) is 4.32. The lowest BCUT2D eigenvalue weighted by molar-refractivity contribution is 1.07. The van der Waals surface area contributed by atoms with E-state index in [0.29, 0.717) is 0 Å². The summed E-state index contributed by atoms with van der Waals surface area (Å²) in [5.41, 5.74) is 1.28. The first-order valence-electron chi connectivity index (χ1n) is 2.50. The van der Waals surface area contributed by atoms with Crippen LogP contribution in [0.1, 0.15) is 12.8 Å². The number of hydrogen-bond acceptors (Lipinski definition) is 0. The van der Waals surface area contributed by atoms with Gasteiger partial charge in [0.25, 0.3) is 0 Å². The highest BCUT2D eigenvalue weighted by Gasteiger charge is 2.06. The molecule has 0 N–H and O–H groups in total. The van der Waals surface area contributed by atoms with Crippen molar-refractivity contribution in [2.45, 2.75) is 12.8 Å². The predicted molar refractivity (Wildman–Crippen MR) is 45.3 cm³/mol. The second-order valence-electron chi connectivity index (χ2n) is 1.73. The van der Waals surface area contributed by atoms with Crippen LogP contribution in [0.25, 0.3) is 0 Å². The topological polar surface area (TPSA) is 0 Å². The summed E-state index contributed by atoms with van der Waals surface area (Å²) >= 11 is 7.98. The van der Waals surface area contributed by atoms with Crippen LogP contribution in [0.4, 0.5) is 0 Å². The van der Waals surface area contributed by atoms with Gasteiger partial charge < -0.3 is 0 Å². The molecule has 0 spiro atoms. The van der Waals surface area contributed by atoms with Crippen molar-refractivity contribution < 1.29 is 0 Å². The molecule has 0 amide bonds. The van der Waals surface area contributed by atoms with Crippen LogP contribution in [0.5, 0.6) is 0 Å². The fourth-order valence-electron chi connectivity index (χ4n) is 0.712. The maximum Gasteiger partial charge on any atom is 0.0402 e. The molecule has 0 aromatic rings. The van der Waals surface area contributed by atoms with Crippen LogP contribution in [0, 0.1) is 0 Å². The van der Waals surface area contributed by atoms with Crippen LogP contribution in [0.15, 0.2) is 20.8 Å². The van der Waals surface area contributed by atoms with E-state index >= 15 is 0 Å². The monoisotopic (exact) mass is 240 g/mol. The van der Waals surface area contributed by atoms with Crippen molar-refractivity contribution in [3.05, 3.63) is 20.8 Å². The van der Waals surface area contributed by atoms with E-state index in [1.165, 1.54) is 5.57 Å². The third kappa shape index (κ3) is 1.26. The van der Waals surface area contributed by atoms with Gasteiger partial charge in [-0.25, -0.2) is 0 Å². The first-order chi connectivity index (χ1) is 3.84. The van der Waals surface area contributed by atoms with Crippen molar-refractivity contribution in [3.63, 3.8) is 0 Å². The van der Waals surface area contributed by atoms with E-state index in [-0.39, 0.29) is 0 Å². The third-order valence-corrected chi connectivity index (χ3v) is 2.32. The molecule has 0 saturated carbocycles. The Balaban J connectivity index is 2.74. The summed E-state index contributed by atoms with van der Waals surface area (Å²) in [6.07, 6.45) is 4.31. The molecule has 0 aliphatic heterocycles. The van der Waals surface area contributed by atoms with Gasteiger partial charge in [0, 0.05) is 5.03 Å². The van der Waals surface area contributed by atoms with E-state index in [1.54, 1.807) is 0 Å². The van der Waals surface area contributed by atoms with Crippen LogP contribution in [0.2, 0.25) is 0 Å². The minimum absolute atomic E-state index is 0.944. The van der Waals surface area contributed by atoms with Crippen LogP contribution in [-0.2, 0) is 0 Å². The average Bonchev–Trinajstić information content (AvgIpc) is 2.14. The molecular weight excluding hydrogens is 234 g/mol. The zero-order valence-corrected chi connectivity index (χ0v) is 7.24. The molecule has 1 aliphatic rings. The molecule has 2 heteroatoms. The fraction of sp³-hybridized carbons (Fsp3) is 0.333. The van der Waals surface area contributed by atoms with Gasteiger partial charge in [-0.15, -0.1) is 0 Å². The Labute approximate surface area is 67.7 Å². The molecule has 0 heterocycles. The quantitative estimate of drug-likeness (QED) is 0.570. The Kier molecular flexibility index (Phi) is 2.38. The molecule has 0 aromatic carbocycles. The van der Waals surface area contributed by atoms with Crippen LogP contribution in [0.3, 0.4) is 0 Å². The summed E-state index contributed by atoms with van der Waals surface area (Å²) < 4.78 is 2.05. The first kappa shape index (κ1) is 6.62. The summed E-state index contributed by atoms with van der Waals surface area (Å²) in [5, 5.41) is 0.944. The van der Waals surface area contributed by atoms with Crippen LogP contribution in [-0.4, -0.2) is 0 Å². The Morgan fingerprint density at radius 1 is 1.75 bits per heavy atom. The van der Waals surface area contributed by atoms with E-state index in [2.05, 4.69) is 28.7 Å². The Hall–Kier alpha value is 0.500. The number of allylic oxidation sites excluding steroid dienone is 3. The SMILES string of the molecule is ClC1=CCC/C1=C\I. The van der Waals surface area contributed by atoms with E-state index in [4.69, 9.17) is 11.6 Å². The second-order valence-corrected chi connectivity index (χ2v) is 2.76. The molecule has 1 rings (SSSR count). The molecule has 0 fully saturated rings. The van der Waals surface area contributed by atoms with Gasteiger partial charge in [0.15, 0.2) is 0 Å². The summed E-state index contributed by atoms with van der Waals surface area (Å²) in [4.78, 5) is 0. The summed E-state index contributed by atoms with van der Waals surface area (Å²) in [7, 11) is 0. The van der Waals surface area contributed by atoms with Gasteiger partial charge in [-0.05, 0) is 22.5 Å². The summed E-state index contributed by atoms with van der Waals surface area (Å²) in [6.45, 7) is 0. The van der Waals surface area contributed by atoms with Gasteiger partial charge in [0.1, 0.15) is 0 Å². The minimum atomic E-state index is 0.944. The molecule has 0 atom stereocenters. The molecule has 0 aromatic heterocycles. The maximum atomic E-state index is 5.77. The molecule has 8 heavy (non-hydrogen) atoms. The van der Waals surface area contributed by atoms with Gasteiger partial charge >= 0.3 is 0 Å². The van der Waals surface area contributed by atoms with Gasteiger partial charge in [-0.1, -0.05) is 40.3 Å². The van der Waals surface area contributed by atoms with Crippen LogP contribution >= 0.6 is 34.2 Å². The fourth-order valence-corrected chi connectivity index (χ4v) is 1.80. The van der Waals surface area contributed by atoms with E-state index in [0.717, 1.165) is 17.9 Å². The number of halogens is 2. The van der Waals surface area contributed by atoms with Crippen molar-refractivity contribution in [1.82, 2.24) is 0 Å². The molecule has 44 valence electrons. The van der Waals surface area contributed by atoms with Gasteiger partial charge in [0.2, 0.25) is 0 Å². The predicted octanol–water partition coefficient (Wildman–Crippen LogP) is 3.22. The van der Waals surface area contributed by atoms with Crippen molar-refractivity contribution in [2.24, 2.45) is 0 Å². The van der Waals surface area contributed by atoms with Gasteiger partial charge in [0.05, 0.1) is 0 Å². The minimum Gasteiger partial charge on any atom is -0.0844 e. The standard InChI is InChI=1S/C6H6ClI/c7-6-3-1-2-5(6)4-8/h3-4H,1-2H2/b5-4+. The lowest BCUT2D eigenvalue weighted by Crippen LogP contribution is -1.68. The highest BCUT2D eigenvalue weighted by Crippen LogP contribution is 2.28. The smallest absolute Gasteiger partial charge is 0.0402 e. The van der Waals surface area contributed by atoms with Gasteiger partial charge in [-0.3, -0.25) is 0 Å². The number of rotatable bonds is 0.